The first-order valence-electron chi connectivity index (χ1n) is 10.0. The highest BCUT2D eigenvalue weighted by molar-refractivity contribution is 7.92. The van der Waals surface area contributed by atoms with Crippen LogP contribution in [-0.4, -0.2) is 56.6 Å². The van der Waals surface area contributed by atoms with Crippen molar-refractivity contribution in [1.82, 2.24) is 9.88 Å². The zero-order chi connectivity index (χ0) is 23.6. The standard InChI is InChI=1S/C22H25F2N3O3S2.ClH/c1-14(2)32(29,30)17-7-5-15(6-8-17)11-20(28)27(10-9-26(3)4)22-25-21-18(24)12-16(23)13-19(21)31-22;/h5-8,12-14H,9-11H2,1-4H3;1H. The Balaban J connectivity index is 0.00000385. The van der Waals surface area contributed by atoms with Gasteiger partial charge in [-0.2, -0.15) is 0 Å². The molecule has 0 radical (unpaired) electrons. The number of anilines is 1. The van der Waals surface area contributed by atoms with Gasteiger partial charge < -0.3 is 4.90 Å². The average molecular weight is 518 g/mol. The van der Waals surface area contributed by atoms with Crippen molar-refractivity contribution in [2.45, 2.75) is 30.4 Å². The molecule has 0 saturated carbocycles. The van der Waals surface area contributed by atoms with Gasteiger partial charge in [-0.05, 0) is 51.7 Å². The molecule has 0 unspecified atom stereocenters. The van der Waals surface area contributed by atoms with Gasteiger partial charge in [-0.3, -0.25) is 9.69 Å². The third-order valence-corrected chi connectivity index (χ3v) is 8.13. The number of benzene rings is 2. The van der Waals surface area contributed by atoms with Gasteiger partial charge in [-0.1, -0.05) is 23.5 Å². The van der Waals surface area contributed by atoms with Crippen LogP contribution in [0.5, 0.6) is 0 Å². The maximum Gasteiger partial charge on any atom is 0.233 e. The van der Waals surface area contributed by atoms with Gasteiger partial charge >= 0.3 is 0 Å². The van der Waals surface area contributed by atoms with Crippen molar-refractivity contribution in [3.63, 3.8) is 0 Å². The molecule has 0 aliphatic heterocycles. The fraction of sp³-hybridized carbons (Fsp3) is 0.364. The number of hydrogen-bond donors (Lipinski definition) is 0. The lowest BCUT2D eigenvalue weighted by Crippen LogP contribution is -2.37. The summed E-state index contributed by atoms with van der Waals surface area (Å²) in [5.74, 6) is -1.75. The molecule has 0 aliphatic carbocycles. The minimum atomic E-state index is -3.40. The van der Waals surface area contributed by atoms with Crippen molar-refractivity contribution in [3.05, 3.63) is 53.6 Å². The second-order valence-corrected chi connectivity index (χ2v) is 11.5. The van der Waals surface area contributed by atoms with Crippen molar-refractivity contribution in [2.75, 3.05) is 32.1 Å². The van der Waals surface area contributed by atoms with E-state index in [1.807, 2.05) is 19.0 Å². The molecule has 2 aromatic carbocycles. The summed E-state index contributed by atoms with van der Waals surface area (Å²) in [6, 6.07) is 8.19. The van der Waals surface area contributed by atoms with E-state index in [-0.39, 0.29) is 40.3 Å². The molecule has 0 aliphatic rings. The quantitative estimate of drug-likeness (QED) is 0.445. The minimum absolute atomic E-state index is 0. The Morgan fingerprint density at radius 3 is 2.30 bits per heavy atom. The van der Waals surface area contributed by atoms with Gasteiger partial charge in [0.25, 0.3) is 0 Å². The molecule has 180 valence electrons. The second-order valence-electron chi connectivity index (χ2n) is 7.99. The van der Waals surface area contributed by atoms with Gasteiger partial charge in [0.2, 0.25) is 5.91 Å². The third-order valence-electron chi connectivity index (χ3n) is 4.93. The summed E-state index contributed by atoms with van der Waals surface area (Å²) in [6.45, 7) is 4.09. The van der Waals surface area contributed by atoms with Crippen LogP contribution in [0, 0.1) is 11.6 Å². The van der Waals surface area contributed by atoms with Crippen molar-refractivity contribution in [1.29, 1.82) is 0 Å². The smallest absolute Gasteiger partial charge is 0.233 e. The van der Waals surface area contributed by atoms with Crippen LogP contribution in [0.15, 0.2) is 41.3 Å². The van der Waals surface area contributed by atoms with Crippen LogP contribution in [0.2, 0.25) is 0 Å². The van der Waals surface area contributed by atoms with Gasteiger partial charge in [-0.25, -0.2) is 22.2 Å². The Bertz CT molecular complexity index is 1230. The number of carbonyl (C=O) groups excluding carboxylic acids is 1. The first-order valence-corrected chi connectivity index (χ1v) is 12.4. The molecule has 1 aromatic heterocycles. The summed E-state index contributed by atoms with van der Waals surface area (Å²) >= 11 is 1.05. The van der Waals surface area contributed by atoms with E-state index >= 15 is 0 Å². The number of sulfone groups is 1. The number of thiazole rings is 1. The van der Waals surface area contributed by atoms with Gasteiger partial charge in [0.1, 0.15) is 11.3 Å². The molecule has 33 heavy (non-hydrogen) atoms. The predicted octanol–water partition coefficient (Wildman–Crippen LogP) is 4.32. The Morgan fingerprint density at radius 2 is 1.73 bits per heavy atom. The zero-order valence-electron chi connectivity index (χ0n) is 18.7. The number of halogens is 3. The number of aromatic nitrogens is 1. The highest BCUT2D eigenvalue weighted by Gasteiger charge is 2.23. The first kappa shape index (κ1) is 27.1. The second kappa shape index (κ2) is 10.9. The van der Waals surface area contributed by atoms with E-state index in [4.69, 9.17) is 0 Å². The molecule has 0 bridgehead atoms. The van der Waals surface area contributed by atoms with Crippen LogP contribution in [0.1, 0.15) is 19.4 Å². The van der Waals surface area contributed by atoms with Crippen molar-refractivity contribution in [2.24, 2.45) is 0 Å². The van der Waals surface area contributed by atoms with Crippen molar-refractivity contribution >= 4 is 54.8 Å². The monoisotopic (exact) mass is 517 g/mol. The van der Waals surface area contributed by atoms with Gasteiger partial charge in [0.05, 0.1) is 21.3 Å². The van der Waals surface area contributed by atoms with Gasteiger partial charge in [-0.15, -0.1) is 12.4 Å². The summed E-state index contributed by atoms with van der Waals surface area (Å²) in [6.07, 6.45) is 0.0161. The van der Waals surface area contributed by atoms with Crippen LogP contribution in [0.25, 0.3) is 10.2 Å². The van der Waals surface area contributed by atoms with Crippen molar-refractivity contribution < 1.29 is 22.0 Å². The van der Waals surface area contributed by atoms with Crippen LogP contribution >= 0.6 is 23.7 Å². The first-order chi connectivity index (χ1) is 15.0. The van der Waals surface area contributed by atoms with E-state index in [0.29, 0.717) is 23.4 Å². The highest BCUT2D eigenvalue weighted by atomic mass is 35.5. The van der Waals surface area contributed by atoms with Gasteiger partial charge in [0.15, 0.2) is 20.8 Å². The summed E-state index contributed by atoms with van der Waals surface area (Å²) < 4.78 is 52.6. The lowest BCUT2D eigenvalue weighted by atomic mass is 10.1. The zero-order valence-corrected chi connectivity index (χ0v) is 21.2. The molecule has 3 aromatic rings. The van der Waals surface area contributed by atoms with E-state index in [9.17, 15) is 22.0 Å². The summed E-state index contributed by atoms with van der Waals surface area (Å²) in [5, 5.41) is -0.254. The molecule has 1 amide bonds. The van der Waals surface area contributed by atoms with Crippen LogP contribution in [0.3, 0.4) is 0 Å². The highest BCUT2D eigenvalue weighted by Crippen LogP contribution is 2.31. The molecule has 0 atom stereocenters. The lowest BCUT2D eigenvalue weighted by Gasteiger charge is -2.22. The number of carbonyl (C=O) groups is 1. The summed E-state index contributed by atoms with van der Waals surface area (Å²) in [4.78, 5) is 20.9. The average Bonchev–Trinajstić information content (AvgIpc) is 3.12. The Morgan fingerprint density at radius 1 is 1.09 bits per heavy atom. The molecule has 0 fully saturated rings. The number of amides is 1. The number of hydrogen-bond acceptors (Lipinski definition) is 6. The summed E-state index contributed by atoms with van der Waals surface area (Å²) in [5.41, 5.74) is 0.670. The molecular formula is C22H26ClF2N3O3S2. The largest absolute Gasteiger partial charge is 0.308 e. The Kier molecular flexibility index (Phi) is 8.92. The maximum atomic E-state index is 14.1. The lowest BCUT2D eigenvalue weighted by molar-refractivity contribution is -0.118. The normalized spacial score (nSPS) is 11.8. The third kappa shape index (κ3) is 6.26. The molecule has 6 nitrogen and oxygen atoms in total. The van der Waals surface area contributed by atoms with E-state index in [1.54, 1.807) is 26.0 Å². The Hall–Kier alpha value is -2.14. The molecule has 1 heterocycles. The topological polar surface area (TPSA) is 70.6 Å². The predicted molar refractivity (Wildman–Crippen MR) is 130 cm³/mol. The number of nitrogens with zero attached hydrogens (tertiary/aromatic N) is 3. The Labute approximate surface area is 202 Å². The van der Waals surface area contributed by atoms with E-state index in [1.165, 1.54) is 23.1 Å². The minimum Gasteiger partial charge on any atom is -0.308 e. The van der Waals surface area contributed by atoms with Crippen LogP contribution < -0.4 is 4.90 Å². The SMILES string of the molecule is CC(C)S(=O)(=O)c1ccc(CC(=O)N(CCN(C)C)c2nc3c(F)cc(F)cc3s2)cc1.Cl. The van der Waals surface area contributed by atoms with Gasteiger partial charge in [0, 0.05) is 19.2 Å². The number of likely N-dealkylation sites (N-methyl/N-ethyl adjacent to an activating group) is 1. The molecule has 0 saturated heterocycles. The molecule has 0 spiro atoms. The maximum absolute atomic E-state index is 14.1. The van der Waals surface area contributed by atoms with Crippen LogP contribution in [0.4, 0.5) is 13.9 Å². The number of fused-ring (bicyclic) bond motifs is 1. The number of rotatable bonds is 8. The molecular weight excluding hydrogens is 492 g/mol. The fourth-order valence-electron chi connectivity index (χ4n) is 3.03. The fourth-order valence-corrected chi connectivity index (χ4v) is 5.14. The van der Waals surface area contributed by atoms with E-state index in [0.717, 1.165) is 17.4 Å². The van der Waals surface area contributed by atoms with Crippen LogP contribution in [-0.2, 0) is 21.1 Å². The molecule has 0 N–H and O–H groups in total. The van der Waals surface area contributed by atoms with E-state index < -0.39 is 26.7 Å². The van der Waals surface area contributed by atoms with Crippen molar-refractivity contribution in [3.8, 4) is 0 Å². The molecule has 3 rings (SSSR count). The molecule has 11 heteroatoms. The summed E-state index contributed by atoms with van der Waals surface area (Å²) in [7, 11) is 0.333. The van der Waals surface area contributed by atoms with E-state index in [2.05, 4.69) is 4.98 Å².